The summed E-state index contributed by atoms with van der Waals surface area (Å²) < 4.78 is 39.8. The van der Waals surface area contributed by atoms with Crippen LogP contribution >= 0.6 is 12.0 Å². The summed E-state index contributed by atoms with van der Waals surface area (Å²) in [5.74, 6) is -0.110. The molecule has 0 aliphatic carbocycles. The maximum atomic E-state index is 11.8. The molecule has 0 heterocycles. The van der Waals surface area contributed by atoms with Gasteiger partial charge in [-0.25, -0.2) is 0 Å². The van der Waals surface area contributed by atoms with Crippen molar-refractivity contribution < 1.29 is 22.5 Å². The van der Waals surface area contributed by atoms with E-state index in [1.54, 1.807) is 0 Å². The van der Waals surface area contributed by atoms with Crippen molar-refractivity contribution in [1.29, 1.82) is 0 Å². The average molecular weight is 238 g/mol. The number of rotatable bonds is 3. The zero-order chi connectivity index (χ0) is 11.5. The van der Waals surface area contributed by atoms with Gasteiger partial charge in [-0.2, -0.15) is 13.2 Å². The van der Waals surface area contributed by atoms with Crippen molar-refractivity contribution in [2.75, 3.05) is 0 Å². The number of alkyl halides is 3. The number of phenols is 1. The Hall–Kier alpha value is -1.04. The molecular weight excluding hydrogens is 229 g/mol. The van der Waals surface area contributed by atoms with E-state index in [0.717, 1.165) is 6.07 Å². The third kappa shape index (κ3) is 4.33. The van der Waals surface area contributed by atoms with E-state index < -0.39 is 17.6 Å². The molecule has 0 aliphatic rings. The normalized spacial score (nSPS) is 11.5. The van der Waals surface area contributed by atoms with E-state index in [-0.39, 0.29) is 11.5 Å². The molecule has 0 radical (unpaired) electrons. The molecule has 6 heteroatoms. The van der Waals surface area contributed by atoms with Crippen molar-refractivity contribution in [1.82, 2.24) is 0 Å². The molecule has 0 saturated carbocycles. The van der Waals surface area contributed by atoms with Gasteiger partial charge in [0.15, 0.2) is 12.0 Å². The minimum Gasteiger partial charge on any atom is -0.508 e. The third-order valence-corrected chi connectivity index (χ3v) is 2.06. The summed E-state index contributed by atoms with van der Waals surface area (Å²) in [6.45, 7) is 1.83. The molecule has 1 N–H and O–H groups in total. The highest BCUT2D eigenvalue weighted by Gasteiger charge is 2.31. The SMILES string of the molecule is CCc1cc(O)cc(OSC(F)(F)F)c1. The maximum Gasteiger partial charge on any atom is 0.479 e. The Morgan fingerprint density at radius 1 is 1.33 bits per heavy atom. The number of aryl methyl sites for hydroxylation is 1. The van der Waals surface area contributed by atoms with Gasteiger partial charge in [0.1, 0.15) is 11.5 Å². The fraction of sp³-hybridized carbons (Fsp3) is 0.333. The molecule has 1 rings (SSSR count). The monoisotopic (exact) mass is 238 g/mol. The summed E-state index contributed by atoms with van der Waals surface area (Å²) in [4.78, 5) is 0. The van der Waals surface area contributed by atoms with Crippen LogP contribution in [0.4, 0.5) is 13.2 Å². The van der Waals surface area contributed by atoms with Crippen molar-refractivity contribution >= 4 is 12.0 Å². The minimum absolute atomic E-state index is 0.00539. The molecule has 0 aliphatic heterocycles. The smallest absolute Gasteiger partial charge is 0.479 e. The Kier molecular flexibility index (Phi) is 3.73. The zero-order valence-corrected chi connectivity index (χ0v) is 8.65. The first-order valence-electron chi connectivity index (χ1n) is 4.16. The van der Waals surface area contributed by atoms with Crippen LogP contribution in [0.1, 0.15) is 12.5 Å². The molecule has 15 heavy (non-hydrogen) atoms. The average Bonchev–Trinajstić information content (AvgIpc) is 2.13. The first-order chi connectivity index (χ1) is 6.90. The van der Waals surface area contributed by atoms with Crippen LogP contribution in [0.15, 0.2) is 18.2 Å². The second kappa shape index (κ2) is 4.65. The van der Waals surface area contributed by atoms with E-state index in [2.05, 4.69) is 4.18 Å². The van der Waals surface area contributed by atoms with Gasteiger partial charge in [-0.3, -0.25) is 0 Å². The molecule has 0 atom stereocenters. The number of benzene rings is 1. The van der Waals surface area contributed by atoms with Gasteiger partial charge in [0.05, 0.1) is 0 Å². The van der Waals surface area contributed by atoms with Crippen LogP contribution in [-0.2, 0) is 6.42 Å². The second-order valence-electron chi connectivity index (χ2n) is 2.80. The molecule has 0 saturated heterocycles. The molecular formula is C9H9F3O2S. The lowest BCUT2D eigenvalue weighted by Crippen LogP contribution is -2.02. The fourth-order valence-corrected chi connectivity index (χ4v) is 1.28. The van der Waals surface area contributed by atoms with Gasteiger partial charge < -0.3 is 9.29 Å². The fourth-order valence-electron chi connectivity index (χ4n) is 0.991. The van der Waals surface area contributed by atoms with Crippen molar-refractivity contribution in [3.8, 4) is 11.5 Å². The van der Waals surface area contributed by atoms with E-state index in [1.165, 1.54) is 12.1 Å². The van der Waals surface area contributed by atoms with Gasteiger partial charge in [0.25, 0.3) is 0 Å². The van der Waals surface area contributed by atoms with Gasteiger partial charge in [-0.15, -0.1) is 0 Å². The topological polar surface area (TPSA) is 29.5 Å². The highest BCUT2D eigenvalue weighted by molar-refractivity contribution is 7.95. The van der Waals surface area contributed by atoms with Crippen LogP contribution in [-0.4, -0.2) is 10.6 Å². The molecule has 1 aromatic rings. The summed E-state index contributed by atoms with van der Waals surface area (Å²) in [7, 11) is 0. The van der Waals surface area contributed by atoms with Gasteiger partial charge in [0.2, 0.25) is 0 Å². The number of phenolic OH excluding ortho intramolecular Hbond substituents is 1. The Bertz CT molecular complexity index is 339. The van der Waals surface area contributed by atoms with E-state index in [0.29, 0.717) is 12.0 Å². The highest BCUT2D eigenvalue weighted by Crippen LogP contribution is 2.34. The third-order valence-electron chi connectivity index (χ3n) is 1.59. The Balaban J connectivity index is 2.73. The molecule has 0 unspecified atom stereocenters. The Morgan fingerprint density at radius 2 is 2.00 bits per heavy atom. The minimum atomic E-state index is -4.45. The Morgan fingerprint density at radius 3 is 2.53 bits per heavy atom. The summed E-state index contributed by atoms with van der Waals surface area (Å²) in [5, 5.41) is 9.18. The van der Waals surface area contributed by atoms with Crippen LogP contribution < -0.4 is 4.18 Å². The van der Waals surface area contributed by atoms with E-state index in [1.807, 2.05) is 6.92 Å². The molecule has 0 spiro atoms. The highest BCUT2D eigenvalue weighted by atomic mass is 32.2. The molecule has 0 bridgehead atoms. The molecule has 2 nitrogen and oxygen atoms in total. The first-order valence-corrected chi connectivity index (χ1v) is 4.90. The number of hydrogen-bond acceptors (Lipinski definition) is 3. The second-order valence-corrected chi connectivity index (χ2v) is 3.60. The van der Waals surface area contributed by atoms with Crippen LogP contribution in [0.2, 0.25) is 0 Å². The molecule has 1 aromatic carbocycles. The van der Waals surface area contributed by atoms with Gasteiger partial charge >= 0.3 is 5.51 Å². The van der Waals surface area contributed by atoms with Gasteiger partial charge in [-0.1, -0.05) is 6.92 Å². The van der Waals surface area contributed by atoms with Gasteiger partial charge in [0, 0.05) is 6.07 Å². The Labute approximate surface area is 89.3 Å². The predicted molar refractivity (Wildman–Crippen MR) is 51.8 cm³/mol. The van der Waals surface area contributed by atoms with Crippen LogP contribution in [0.25, 0.3) is 0 Å². The molecule has 84 valence electrons. The van der Waals surface area contributed by atoms with Crippen molar-refractivity contribution in [3.05, 3.63) is 23.8 Å². The summed E-state index contributed by atoms with van der Waals surface area (Å²) in [6.07, 6.45) is 0.613. The maximum absolute atomic E-state index is 11.8. The summed E-state index contributed by atoms with van der Waals surface area (Å²) in [6, 6.07) is 4.07. The van der Waals surface area contributed by atoms with Crippen LogP contribution in [0, 0.1) is 0 Å². The lowest BCUT2D eigenvalue weighted by atomic mass is 10.1. The molecule has 0 amide bonds. The van der Waals surface area contributed by atoms with E-state index >= 15 is 0 Å². The predicted octanol–water partition coefficient (Wildman–Crippen LogP) is 3.50. The number of aromatic hydroxyl groups is 1. The standard InChI is InChI=1S/C9H9F3O2S/c1-2-6-3-7(13)5-8(4-6)14-15-9(10,11)12/h3-5,13H,2H2,1H3. The quantitative estimate of drug-likeness (QED) is 0.817. The summed E-state index contributed by atoms with van der Waals surface area (Å²) >= 11 is -0.597. The van der Waals surface area contributed by atoms with Crippen molar-refractivity contribution in [2.24, 2.45) is 0 Å². The lowest BCUT2D eigenvalue weighted by Gasteiger charge is -2.08. The first kappa shape index (κ1) is 12.0. The van der Waals surface area contributed by atoms with Gasteiger partial charge in [-0.05, 0) is 24.1 Å². The number of hydrogen-bond donors (Lipinski definition) is 1. The van der Waals surface area contributed by atoms with E-state index in [9.17, 15) is 18.3 Å². The van der Waals surface area contributed by atoms with Crippen LogP contribution in [0.5, 0.6) is 11.5 Å². The lowest BCUT2D eigenvalue weighted by molar-refractivity contribution is -0.0369. The largest absolute Gasteiger partial charge is 0.508 e. The molecule has 0 fully saturated rings. The summed E-state index contributed by atoms with van der Waals surface area (Å²) in [5.41, 5.74) is -3.73. The van der Waals surface area contributed by atoms with Crippen molar-refractivity contribution in [3.63, 3.8) is 0 Å². The van der Waals surface area contributed by atoms with E-state index in [4.69, 9.17) is 0 Å². The van der Waals surface area contributed by atoms with Crippen LogP contribution in [0.3, 0.4) is 0 Å². The molecule has 0 aromatic heterocycles. The van der Waals surface area contributed by atoms with Crippen molar-refractivity contribution in [2.45, 2.75) is 18.9 Å². The zero-order valence-electron chi connectivity index (χ0n) is 7.84. The number of halogens is 3.